The normalized spacial score (nSPS) is 34.0. The SMILES string of the molecule is CC1(C)OP(=O)(O)OC1C(F)(F)C(F)(F)CF. The van der Waals surface area contributed by atoms with Gasteiger partial charge in [0.1, 0.15) is 5.60 Å². The van der Waals surface area contributed by atoms with Crippen LogP contribution in [-0.2, 0) is 13.6 Å². The zero-order chi connectivity index (χ0) is 13.7. The Labute approximate surface area is 93.3 Å². The van der Waals surface area contributed by atoms with Gasteiger partial charge in [0, 0.05) is 0 Å². The van der Waals surface area contributed by atoms with Gasteiger partial charge < -0.3 is 4.89 Å². The maximum atomic E-state index is 13.3. The van der Waals surface area contributed by atoms with Crippen molar-refractivity contribution in [1.82, 2.24) is 0 Å². The number of alkyl halides is 5. The van der Waals surface area contributed by atoms with Crippen molar-refractivity contribution in [3.8, 4) is 0 Å². The van der Waals surface area contributed by atoms with Crippen molar-refractivity contribution in [1.29, 1.82) is 0 Å². The van der Waals surface area contributed by atoms with Gasteiger partial charge in [0.2, 0.25) is 0 Å². The van der Waals surface area contributed by atoms with Crippen LogP contribution < -0.4 is 0 Å². The molecule has 17 heavy (non-hydrogen) atoms. The van der Waals surface area contributed by atoms with Crippen molar-refractivity contribution in [3.05, 3.63) is 0 Å². The number of rotatable bonds is 3. The summed E-state index contributed by atoms with van der Waals surface area (Å²) in [6, 6.07) is 0. The van der Waals surface area contributed by atoms with Crippen LogP contribution in [0.1, 0.15) is 13.8 Å². The predicted molar refractivity (Wildman–Crippen MR) is 45.7 cm³/mol. The van der Waals surface area contributed by atoms with Gasteiger partial charge in [-0.2, -0.15) is 17.6 Å². The zero-order valence-electron chi connectivity index (χ0n) is 8.79. The van der Waals surface area contributed by atoms with Crippen LogP contribution >= 0.6 is 7.82 Å². The summed E-state index contributed by atoms with van der Waals surface area (Å²) < 4.78 is 83.1. The molecule has 1 N–H and O–H groups in total. The Hall–Kier alpha value is -0.240. The van der Waals surface area contributed by atoms with E-state index in [0.717, 1.165) is 13.8 Å². The fraction of sp³-hybridized carbons (Fsp3) is 1.00. The van der Waals surface area contributed by atoms with Crippen molar-refractivity contribution in [2.45, 2.75) is 37.4 Å². The Balaban J connectivity index is 3.13. The van der Waals surface area contributed by atoms with E-state index in [1.54, 1.807) is 0 Å². The van der Waals surface area contributed by atoms with Gasteiger partial charge in [0.05, 0.1) is 0 Å². The first-order valence-electron chi connectivity index (χ1n) is 4.39. The highest BCUT2D eigenvalue weighted by atomic mass is 31.2. The van der Waals surface area contributed by atoms with Crippen LogP contribution in [0.15, 0.2) is 0 Å². The first-order chi connectivity index (χ1) is 7.36. The number of hydrogen-bond donors (Lipinski definition) is 1. The first-order valence-corrected chi connectivity index (χ1v) is 5.89. The second-order valence-corrected chi connectivity index (χ2v) is 5.44. The highest BCUT2D eigenvalue weighted by Gasteiger charge is 2.70. The third kappa shape index (κ3) is 2.47. The molecule has 1 aliphatic rings. The summed E-state index contributed by atoms with van der Waals surface area (Å²) in [5.41, 5.74) is -2.15. The van der Waals surface area contributed by atoms with E-state index in [1.807, 2.05) is 0 Å². The molecule has 1 rings (SSSR count). The van der Waals surface area contributed by atoms with Crippen LogP contribution in [-0.4, -0.2) is 35.1 Å². The fourth-order valence-electron chi connectivity index (χ4n) is 1.41. The number of hydrogen-bond acceptors (Lipinski definition) is 3. The monoisotopic (exact) mass is 284 g/mol. The summed E-state index contributed by atoms with van der Waals surface area (Å²) in [6.07, 6.45) is -2.73. The highest BCUT2D eigenvalue weighted by Crippen LogP contribution is 2.61. The molecule has 1 saturated heterocycles. The lowest BCUT2D eigenvalue weighted by Gasteiger charge is -2.33. The van der Waals surface area contributed by atoms with E-state index in [1.165, 1.54) is 0 Å². The molecule has 0 bridgehead atoms. The second-order valence-electron chi connectivity index (χ2n) is 4.11. The van der Waals surface area contributed by atoms with E-state index in [2.05, 4.69) is 9.05 Å². The van der Waals surface area contributed by atoms with Crippen LogP contribution in [0.4, 0.5) is 22.0 Å². The maximum absolute atomic E-state index is 13.3. The molecule has 0 saturated carbocycles. The van der Waals surface area contributed by atoms with E-state index in [-0.39, 0.29) is 0 Å². The number of phosphoric acid groups is 1. The molecular formula is C7H10F5O4P. The number of phosphoric ester groups is 1. The molecule has 1 fully saturated rings. The third-order valence-electron chi connectivity index (χ3n) is 2.21. The smallest absolute Gasteiger partial charge is 0.302 e. The summed E-state index contributed by atoms with van der Waals surface area (Å²) in [4.78, 5) is 8.84. The summed E-state index contributed by atoms with van der Waals surface area (Å²) in [5, 5.41) is 0. The fourth-order valence-corrected chi connectivity index (χ4v) is 2.80. The number of halogens is 5. The van der Waals surface area contributed by atoms with Crippen molar-refractivity contribution >= 4 is 7.82 Å². The predicted octanol–water partition coefficient (Wildman–Crippen LogP) is 2.52. The second kappa shape index (κ2) is 3.88. The van der Waals surface area contributed by atoms with Gasteiger partial charge in [-0.1, -0.05) is 0 Å². The minimum Gasteiger partial charge on any atom is -0.302 e. The van der Waals surface area contributed by atoms with Crippen LogP contribution in [0.3, 0.4) is 0 Å². The van der Waals surface area contributed by atoms with E-state index in [0.29, 0.717) is 0 Å². The lowest BCUT2D eigenvalue weighted by atomic mass is 9.93. The standard InChI is InChI=1S/C7H10F5O4P/c1-5(2)4(15-17(13,14)16-5)7(11,12)6(9,10)3-8/h4H,3H2,1-2H3,(H,13,14). The van der Waals surface area contributed by atoms with Crippen molar-refractivity contribution in [2.75, 3.05) is 6.67 Å². The maximum Gasteiger partial charge on any atom is 0.473 e. The summed E-state index contributed by atoms with van der Waals surface area (Å²) in [5.74, 6) is -9.98. The first kappa shape index (κ1) is 14.8. The molecule has 0 spiro atoms. The molecule has 0 aromatic heterocycles. The van der Waals surface area contributed by atoms with Crippen molar-refractivity contribution in [3.63, 3.8) is 0 Å². The van der Waals surface area contributed by atoms with Gasteiger partial charge >= 0.3 is 19.7 Å². The Kier molecular flexibility index (Phi) is 3.38. The minimum absolute atomic E-state index is 0.871. The van der Waals surface area contributed by atoms with E-state index < -0.39 is 38.0 Å². The zero-order valence-corrected chi connectivity index (χ0v) is 9.69. The third-order valence-corrected chi connectivity index (χ3v) is 3.38. The molecule has 2 atom stereocenters. The van der Waals surface area contributed by atoms with Gasteiger partial charge in [-0.3, -0.25) is 9.05 Å². The molecule has 0 aromatic carbocycles. The molecule has 0 aromatic rings. The Morgan fingerprint density at radius 1 is 1.35 bits per heavy atom. The van der Waals surface area contributed by atoms with Gasteiger partial charge in [-0.05, 0) is 13.8 Å². The molecule has 10 heteroatoms. The molecule has 0 amide bonds. The Morgan fingerprint density at radius 3 is 2.12 bits per heavy atom. The summed E-state index contributed by atoms with van der Waals surface area (Å²) in [6.45, 7) is -0.878. The minimum atomic E-state index is -5.01. The van der Waals surface area contributed by atoms with Crippen LogP contribution in [0.25, 0.3) is 0 Å². The molecule has 1 aliphatic heterocycles. The Morgan fingerprint density at radius 2 is 1.82 bits per heavy atom. The van der Waals surface area contributed by atoms with E-state index in [4.69, 9.17) is 4.89 Å². The molecule has 1 heterocycles. The molecule has 2 unspecified atom stereocenters. The van der Waals surface area contributed by atoms with Crippen LogP contribution in [0, 0.1) is 0 Å². The average Bonchev–Trinajstić information content (AvgIpc) is 2.34. The largest absolute Gasteiger partial charge is 0.473 e. The summed E-state index contributed by atoms with van der Waals surface area (Å²) in [7, 11) is -4.83. The van der Waals surface area contributed by atoms with Crippen LogP contribution in [0.2, 0.25) is 0 Å². The van der Waals surface area contributed by atoms with Crippen molar-refractivity contribution in [2.24, 2.45) is 0 Å². The van der Waals surface area contributed by atoms with Crippen LogP contribution in [0.5, 0.6) is 0 Å². The Bertz CT molecular complexity index is 358. The highest BCUT2D eigenvalue weighted by molar-refractivity contribution is 7.47. The molecular weight excluding hydrogens is 274 g/mol. The van der Waals surface area contributed by atoms with Gasteiger partial charge in [-0.15, -0.1) is 0 Å². The quantitative estimate of drug-likeness (QED) is 0.639. The lowest BCUT2D eigenvalue weighted by Crippen LogP contribution is -2.57. The van der Waals surface area contributed by atoms with Gasteiger partial charge in [0.25, 0.3) is 0 Å². The topological polar surface area (TPSA) is 55.8 Å². The van der Waals surface area contributed by atoms with Crippen molar-refractivity contribution < 1.29 is 40.5 Å². The molecule has 4 nitrogen and oxygen atoms in total. The van der Waals surface area contributed by atoms with Gasteiger partial charge in [0.15, 0.2) is 12.8 Å². The summed E-state index contributed by atoms with van der Waals surface area (Å²) >= 11 is 0. The van der Waals surface area contributed by atoms with E-state index >= 15 is 0 Å². The molecule has 102 valence electrons. The van der Waals surface area contributed by atoms with Gasteiger partial charge in [-0.25, -0.2) is 8.96 Å². The van der Waals surface area contributed by atoms with E-state index in [9.17, 15) is 26.5 Å². The molecule has 0 radical (unpaired) electrons. The lowest BCUT2D eigenvalue weighted by molar-refractivity contribution is -0.263. The average molecular weight is 284 g/mol. The molecule has 0 aliphatic carbocycles.